The van der Waals surface area contributed by atoms with Gasteiger partial charge in [0.2, 0.25) is 0 Å². The fourth-order valence-corrected chi connectivity index (χ4v) is 2.01. The zero-order valence-corrected chi connectivity index (χ0v) is 12.0. The van der Waals surface area contributed by atoms with Crippen LogP contribution in [0.2, 0.25) is 0 Å². The quantitative estimate of drug-likeness (QED) is 0.675. The lowest BCUT2D eigenvalue weighted by Gasteiger charge is -2.10. The summed E-state index contributed by atoms with van der Waals surface area (Å²) in [6, 6.07) is 8.10. The summed E-state index contributed by atoms with van der Waals surface area (Å²) in [5.74, 6) is 0.670. The van der Waals surface area contributed by atoms with Crippen LogP contribution in [-0.4, -0.2) is 32.2 Å². The highest BCUT2D eigenvalue weighted by atomic mass is 32.2. The number of hydrogen-bond donors (Lipinski definition) is 1. The second kappa shape index (κ2) is 5.96. The first-order valence-corrected chi connectivity index (χ1v) is 7.71. The maximum Gasteiger partial charge on any atom is 0.270 e. The number of non-ortho nitro benzene ring substituents is 1. The van der Waals surface area contributed by atoms with Gasteiger partial charge in [-0.15, -0.1) is 0 Å². The van der Waals surface area contributed by atoms with E-state index in [-0.39, 0.29) is 10.9 Å². The summed E-state index contributed by atoms with van der Waals surface area (Å²) in [6.45, 7) is 2.46. The Bertz CT molecular complexity index is 675. The summed E-state index contributed by atoms with van der Waals surface area (Å²) in [5, 5.41) is 14.6. The Balaban J connectivity index is 2.19. The largest absolute Gasteiger partial charge is 0.369 e. The summed E-state index contributed by atoms with van der Waals surface area (Å²) >= 11 is 0. The van der Waals surface area contributed by atoms with Crippen LogP contribution in [-0.2, 0) is 10.8 Å². The number of benzene rings is 1. The summed E-state index contributed by atoms with van der Waals surface area (Å²) in [4.78, 5) is 14.6. The first kappa shape index (κ1) is 14.4. The molecule has 2 aromatic rings. The van der Waals surface area contributed by atoms with Crippen LogP contribution in [0.1, 0.15) is 6.92 Å². The lowest BCUT2D eigenvalue weighted by molar-refractivity contribution is -0.384. The molecule has 1 aromatic heterocycles. The normalized spacial score (nSPS) is 13.9. The van der Waals surface area contributed by atoms with Gasteiger partial charge < -0.3 is 5.32 Å². The standard InChI is InChI=1S/C13H15N3O3S/c1-9(20(2)19)8-14-13-6-3-10-7-11(16(17)18)4-5-12(10)15-13/h3-7,9H,8H2,1-2H3,(H,14,15). The summed E-state index contributed by atoms with van der Waals surface area (Å²) < 4.78 is 11.3. The van der Waals surface area contributed by atoms with Crippen LogP contribution in [0.5, 0.6) is 0 Å². The van der Waals surface area contributed by atoms with E-state index in [1.807, 2.05) is 6.92 Å². The van der Waals surface area contributed by atoms with Gasteiger partial charge in [-0.05, 0) is 25.1 Å². The molecule has 2 atom stereocenters. The van der Waals surface area contributed by atoms with Crippen molar-refractivity contribution < 1.29 is 9.13 Å². The van der Waals surface area contributed by atoms with Crippen LogP contribution in [0.25, 0.3) is 10.9 Å². The van der Waals surface area contributed by atoms with Gasteiger partial charge in [0.05, 0.1) is 10.4 Å². The van der Waals surface area contributed by atoms with Crippen LogP contribution in [0, 0.1) is 10.1 Å². The molecule has 0 bridgehead atoms. The highest BCUT2D eigenvalue weighted by Gasteiger charge is 2.08. The molecule has 2 unspecified atom stereocenters. The fourth-order valence-electron chi connectivity index (χ4n) is 1.69. The summed E-state index contributed by atoms with van der Waals surface area (Å²) in [5.41, 5.74) is 0.737. The van der Waals surface area contributed by atoms with E-state index in [1.165, 1.54) is 12.1 Å². The maximum atomic E-state index is 11.3. The minimum absolute atomic E-state index is 0.0318. The number of aromatic nitrogens is 1. The van der Waals surface area contributed by atoms with Gasteiger partial charge >= 0.3 is 0 Å². The van der Waals surface area contributed by atoms with Gasteiger partial charge in [0.25, 0.3) is 5.69 Å². The van der Waals surface area contributed by atoms with Gasteiger partial charge in [0.15, 0.2) is 0 Å². The van der Waals surface area contributed by atoms with Crippen molar-refractivity contribution in [2.24, 2.45) is 0 Å². The monoisotopic (exact) mass is 293 g/mol. The first-order chi connectivity index (χ1) is 9.47. The molecule has 0 spiro atoms. The number of pyridine rings is 1. The smallest absolute Gasteiger partial charge is 0.270 e. The molecule has 2 rings (SSSR count). The number of nitrogens with zero attached hydrogens (tertiary/aromatic N) is 2. The number of nitro benzene ring substituents is 1. The molecule has 1 aromatic carbocycles. The third-order valence-corrected chi connectivity index (χ3v) is 4.32. The van der Waals surface area contributed by atoms with Crippen molar-refractivity contribution in [2.45, 2.75) is 12.2 Å². The summed E-state index contributed by atoms with van der Waals surface area (Å²) in [6.07, 6.45) is 1.67. The Labute approximate surface area is 118 Å². The molecule has 1 N–H and O–H groups in total. The SMILES string of the molecule is CC(CNc1ccc2cc([N+](=O)[O-])ccc2n1)S(C)=O. The van der Waals surface area contributed by atoms with E-state index in [2.05, 4.69) is 10.3 Å². The fraction of sp³-hybridized carbons (Fsp3) is 0.308. The third-order valence-electron chi connectivity index (χ3n) is 3.02. The molecule has 0 aliphatic carbocycles. The molecule has 7 heteroatoms. The third kappa shape index (κ3) is 3.30. The highest BCUT2D eigenvalue weighted by molar-refractivity contribution is 7.84. The van der Waals surface area contributed by atoms with Crippen molar-refractivity contribution in [1.82, 2.24) is 4.98 Å². The van der Waals surface area contributed by atoms with E-state index in [9.17, 15) is 14.3 Å². The van der Waals surface area contributed by atoms with Crippen molar-refractivity contribution in [3.05, 3.63) is 40.4 Å². The van der Waals surface area contributed by atoms with Crippen molar-refractivity contribution in [1.29, 1.82) is 0 Å². The number of anilines is 1. The molecule has 0 aliphatic rings. The zero-order chi connectivity index (χ0) is 14.7. The number of hydrogen-bond acceptors (Lipinski definition) is 5. The lowest BCUT2D eigenvalue weighted by Crippen LogP contribution is -2.21. The average Bonchev–Trinajstić information content (AvgIpc) is 2.43. The molecule has 0 fully saturated rings. The van der Waals surface area contributed by atoms with E-state index in [1.54, 1.807) is 24.5 Å². The van der Waals surface area contributed by atoms with Gasteiger partial charge in [0, 0.05) is 46.4 Å². The van der Waals surface area contributed by atoms with Crippen molar-refractivity contribution in [2.75, 3.05) is 18.1 Å². The minimum atomic E-state index is -0.885. The van der Waals surface area contributed by atoms with Crippen LogP contribution in [0.4, 0.5) is 11.5 Å². The summed E-state index contributed by atoms with van der Waals surface area (Å²) in [7, 11) is -0.885. The zero-order valence-electron chi connectivity index (χ0n) is 11.2. The van der Waals surface area contributed by atoms with Gasteiger partial charge in [0.1, 0.15) is 5.82 Å². The Morgan fingerprint density at radius 2 is 2.15 bits per heavy atom. The Hall–Kier alpha value is -2.02. The lowest BCUT2D eigenvalue weighted by atomic mass is 10.2. The Morgan fingerprint density at radius 1 is 1.40 bits per heavy atom. The molecule has 0 aliphatic heterocycles. The second-order valence-electron chi connectivity index (χ2n) is 4.52. The number of nitrogens with one attached hydrogen (secondary N) is 1. The van der Waals surface area contributed by atoms with Crippen LogP contribution in [0.15, 0.2) is 30.3 Å². The molecule has 6 nitrogen and oxygen atoms in total. The molecule has 0 amide bonds. The Kier molecular flexibility index (Phi) is 4.29. The first-order valence-electron chi connectivity index (χ1n) is 6.08. The van der Waals surface area contributed by atoms with Crippen molar-refractivity contribution in [3.63, 3.8) is 0 Å². The predicted octanol–water partition coefficient (Wildman–Crippen LogP) is 2.32. The van der Waals surface area contributed by atoms with E-state index >= 15 is 0 Å². The molecule has 106 valence electrons. The van der Waals surface area contributed by atoms with Gasteiger partial charge in [-0.1, -0.05) is 0 Å². The predicted molar refractivity (Wildman–Crippen MR) is 80.4 cm³/mol. The molecular formula is C13H15N3O3S. The highest BCUT2D eigenvalue weighted by Crippen LogP contribution is 2.21. The van der Waals surface area contributed by atoms with Gasteiger partial charge in [-0.2, -0.15) is 0 Å². The van der Waals surface area contributed by atoms with Crippen molar-refractivity contribution in [3.8, 4) is 0 Å². The van der Waals surface area contributed by atoms with Crippen LogP contribution < -0.4 is 5.32 Å². The van der Waals surface area contributed by atoms with Gasteiger partial charge in [-0.25, -0.2) is 4.98 Å². The number of rotatable bonds is 5. The van der Waals surface area contributed by atoms with E-state index in [0.29, 0.717) is 17.9 Å². The van der Waals surface area contributed by atoms with Crippen LogP contribution in [0.3, 0.4) is 0 Å². The minimum Gasteiger partial charge on any atom is -0.369 e. The van der Waals surface area contributed by atoms with E-state index in [0.717, 1.165) is 5.39 Å². The number of nitro groups is 1. The van der Waals surface area contributed by atoms with Gasteiger partial charge in [-0.3, -0.25) is 14.3 Å². The topological polar surface area (TPSA) is 85.1 Å². The molecule has 0 radical (unpaired) electrons. The van der Waals surface area contributed by atoms with E-state index in [4.69, 9.17) is 0 Å². The molecule has 0 saturated carbocycles. The molecule has 20 heavy (non-hydrogen) atoms. The molecule has 0 saturated heterocycles. The average molecular weight is 293 g/mol. The maximum absolute atomic E-state index is 11.3. The van der Waals surface area contributed by atoms with Crippen molar-refractivity contribution >= 4 is 33.2 Å². The Morgan fingerprint density at radius 3 is 2.80 bits per heavy atom. The van der Waals surface area contributed by atoms with Crippen LogP contribution >= 0.6 is 0 Å². The second-order valence-corrected chi connectivity index (χ2v) is 6.32. The molecule has 1 heterocycles. The van der Waals surface area contributed by atoms with E-state index < -0.39 is 15.7 Å². The number of fused-ring (bicyclic) bond motifs is 1. The molecular weight excluding hydrogens is 278 g/mol.